The number of furan rings is 1. The summed E-state index contributed by atoms with van der Waals surface area (Å²) in [5.41, 5.74) is 1.67. The van der Waals surface area contributed by atoms with Crippen LogP contribution in [0.2, 0.25) is 0 Å². The molecule has 2 aromatic carbocycles. The first-order chi connectivity index (χ1) is 17.3. The lowest BCUT2D eigenvalue weighted by atomic mass is 10.2. The minimum absolute atomic E-state index is 0.176. The Morgan fingerprint density at radius 2 is 1.78 bits per heavy atom. The molecule has 0 fully saturated rings. The van der Waals surface area contributed by atoms with E-state index in [2.05, 4.69) is 10.3 Å². The van der Waals surface area contributed by atoms with Crippen LogP contribution in [0.1, 0.15) is 44.0 Å². The number of nitrogens with one attached hydrogen (secondary N) is 1. The molecule has 0 unspecified atom stereocenters. The van der Waals surface area contributed by atoms with E-state index in [0.717, 1.165) is 29.6 Å². The molecule has 8 nitrogen and oxygen atoms in total. The summed E-state index contributed by atoms with van der Waals surface area (Å²) in [7, 11) is -3.60. The highest BCUT2D eigenvalue weighted by Gasteiger charge is 2.23. The lowest BCUT2D eigenvalue weighted by molar-refractivity contribution is 0.102. The monoisotopic (exact) mass is 527 g/mol. The van der Waals surface area contributed by atoms with Gasteiger partial charge in [-0.2, -0.15) is 4.31 Å². The molecule has 0 radical (unpaired) electrons. The first kappa shape index (κ1) is 25.9. The first-order valence-electron chi connectivity index (χ1n) is 11.9. The fourth-order valence-electron chi connectivity index (χ4n) is 3.80. The Bertz CT molecular complexity index is 1440. The molecule has 0 saturated carbocycles. The van der Waals surface area contributed by atoms with Crippen molar-refractivity contribution in [3.63, 3.8) is 0 Å². The topological polar surface area (TPSA) is 102 Å². The van der Waals surface area contributed by atoms with Crippen molar-refractivity contribution in [3.05, 3.63) is 59.5 Å². The van der Waals surface area contributed by atoms with Crippen LogP contribution in [0.5, 0.6) is 5.75 Å². The van der Waals surface area contributed by atoms with Gasteiger partial charge in [-0.3, -0.25) is 10.1 Å². The second-order valence-electron chi connectivity index (χ2n) is 8.16. The van der Waals surface area contributed by atoms with E-state index in [1.807, 2.05) is 50.4 Å². The Morgan fingerprint density at radius 3 is 2.44 bits per heavy atom. The molecule has 36 heavy (non-hydrogen) atoms. The van der Waals surface area contributed by atoms with Gasteiger partial charge in [0, 0.05) is 29.4 Å². The lowest BCUT2D eigenvalue weighted by Crippen LogP contribution is -2.32. The number of anilines is 1. The Kier molecular flexibility index (Phi) is 8.07. The first-order valence-corrected chi connectivity index (χ1v) is 14.2. The molecule has 10 heteroatoms. The summed E-state index contributed by atoms with van der Waals surface area (Å²) in [4.78, 5) is 17.4. The van der Waals surface area contributed by atoms with Crippen LogP contribution in [0.25, 0.3) is 22.4 Å². The van der Waals surface area contributed by atoms with Crippen molar-refractivity contribution in [2.24, 2.45) is 0 Å². The number of amides is 1. The third-order valence-electron chi connectivity index (χ3n) is 5.48. The van der Waals surface area contributed by atoms with E-state index in [-0.39, 0.29) is 10.8 Å². The number of nitrogens with zero attached hydrogens (tertiary/aromatic N) is 2. The summed E-state index contributed by atoms with van der Waals surface area (Å²) in [5, 5.41) is 5.90. The molecule has 0 atom stereocenters. The Morgan fingerprint density at radius 1 is 1.06 bits per heavy atom. The van der Waals surface area contributed by atoms with Crippen LogP contribution in [0.15, 0.2) is 63.2 Å². The number of hydrogen-bond acceptors (Lipinski definition) is 7. The van der Waals surface area contributed by atoms with E-state index >= 15 is 0 Å². The van der Waals surface area contributed by atoms with Crippen molar-refractivity contribution in [3.8, 4) is 17.2 Å². The maximum absolute atomic E-state index is 12.9. The van der Waals surface area contributed by atoms with Crippen LogP contribution in [0, 0.1) is 0 Å². The van der Waals surface area contributed by atoms with Crippen LogP contribution < -0.4 is 10.1 Å². The number of rotatable bonds is 11. The zero-order chi connectivity index (χ0) is 25.7. The fraction of sp³-hybridized carbons (Fsp3) is 0.308. The lowest BCUT2D eigenvalue weighted by Gasteiger charge is -2.21. The minimum Gasteiger partial charge on any atom is -0.494 e. The van der Waals surface area contributed by atoms with E-state index in [1.54, 1.807) is 0 Å². The maximum Gasteiger partial charge on any atom is 0.257 e. The molecule has 4 aromatic rings. The van der Waals surface area contributed by atoms with E-state index < -0.39 is 10.0 Å². The highest BCUT2D eigenvalue weighted by Crippen LogP contribution is 2.32. The van der Waals surface area contributed by atoms with Crippen molar-refractivity contribution in [1.82, 2.24) is 9.29 Å². The molecule has 0 saturated heterocycles. The molecule has 2 aromatic heterocycles. The number of thiazole rings is 1. The van der Waals surface area contributed by atoms with Crippen LogP contribution in [0.4, 0.5) is 5.13 Å². The summed E-state index contributed by atoms with van der Waals surface area (Å²) in [6.45, 7) is 7.33. The van der Waals surface area contributed by atoms with Gasteiger partial charge in [0.05, 0.1) is 11.5 Å². The molecule has 0 aliphatic heterocycles. The summed E-state index contributed by atoms with van der Waals surface area (Å²) in [5.74, 6) is 0.990. The van der Waals surface area contributed by atoms with Crippen molar-refractivity contribution < 1.29 is 22.4 Å². The summed E-state index contributed by atoms with van der Waals surface area (Å²) >= 11 is 1.28. The molecule has 0 bridgehead atoms. The van der Waals surface area contributed by atoms with Crippen molar-refractivity contribution >= 4 is 43.4 Å². The second kappa shape index (κ2) is 11.2. The number of sulfonamides is 1. The molecule has 1 amide bonds. The summed E-state index contributed by atoms with van der Waals surface area (Å²) in [6.07, 6.45) is 1.47. The van der Waals surface area contributed by atoms with Gasteiger partial charge in [-0.25, -0.2) is 13.4 Å². The average Bonchev–Trinajstić information content (AvgIpc) is 3.51. The van der Waals surface area contributed by atoms with E-state index in [9.17, 15) is 13.2 Å². The normalized spacial score (nSPS) is 11.8. The van der Waals surface area contributed by atoms with Crippen molar-refractivity contribution in [1.29, 1.82) is 0 Å². The molecule has 2 heterocycles. The Hall–Kier alpha value is -3.21. The van der Waals surface area contributed by atoms with E-state index in [4.69, 9.17) is 9.15 Å². The zero-order valence-corrected chi connectivity index (χ0v) is 22.1. The van der Waals surface area contributed by atoms with Gasteiger partial charge in [-0.05, 0) is 68.3 Å². The van der Waals surface area contributed by atoms with Crippen LogP contribution in [0.3, 0.4) is 0 Å². The molecular weight excluding hydrogens is 498 g/mol. The number of hydrogen-bond donors (Lipinski definition) is 1. The van der Waals surface area contributed by atoms with Gasteiger partial charge in [0.2, 0.25) is 10.0 Å². The number of carbonyl (C=O) groups excluding carboxylic acids is 1. The molecule has 0 spiro atoms. The van der Waals surface area contributed by atoms with Gasteiger partial charge in [0.1, 0.15) is 17.0 Å². The second-order valence-corrected chi connectivity index (χ2v) is 11.0. The zero-order valence-electron chi connectivity index (χ0n) is 20.5. The SMILES string of the molecule is CCCN(CCC)S(=O)(=O)c1ccc(C(=O)Nc2nc(-c3cc4cc(OCC)ccc4o3)cs2)cc1. The smallest absolute Gasteiger partial charge is 0.257 e. The summed E-state index contributed by atoms with van der Waals surface area (Å²) in [6, 6.07) is 13.5. The van der Waals surface area contributed by atoms with Gasteiger partial charge in [-0.1, -0.05) is 13.8 Å². The molecule has 0 aliphatic carbocycles. The van der Waals surface area contributed by atoms with Gasteiger partial charge >= 0.3 is 0 Å². The predicted molar refractivity (Wildman–Crippen MR) is 142 cm³/mol. The van der Waals surface area contributed by atoms with Gasteiger partial charge in [-0.15, -0.1) is 11.3 Å². The van der Waals surface area contributed by atoms with Crippen LogP contribution in [-0.2, 0) is 10.0 Å². The molecule has 190 valence electrons. The van der Waals surface area contributed by atoms with Gasteiger partial charge in [0.25, 0.3) is 5.91 Å². The molecule has 0 aliphatic rings. The largest absolute Gasteiger partial charge is 0.494 e. The van der Waals surface area contributed by atoms with Crippen molar-refractivity contribution in [2.75, 3.05) is 25.0 Å². The minimum atomic E-state index is -3.60. The van der Waals surface area contributed by atoms with Gasteiger partial charge < -0.3 is 9.15 Å². The number of benzene rings is 2. The molecule has 1 N–H and O–H groups in total. The number of ether oxygens (including phenoxy) is 1. The predicted octanol–water partition coefficient (Wildman–Crippen LogP) is 6.02. The van der Waals surface area contributed by atoms with E-state index in [0.29, 0.717) is 41.8 Å². The van der Waals surface area contributed by atoms with Crippen LogP contribution in [-0.4, -0.2) is 43.3 Å². The Labute approximate surface area is 215 Å². The summed E-state index contributed by atoms with van der Waals surface area (Å²) < 4.78 is 38.8. The highest BCUT2D eigenvalue weighted by molar-refractivity contribution is 7.89. The standard InChI is InChI=1S/C26H29N3O5S2/c1-4-13-29(14-5-2)36(31,32)21-10-7-18(8-11-21)25(30)28-26-27-22(17-35-26)24-16-19-15-20(33-6-3)9-12-23(19)34-24/h7-12,15-17H,4-6,13-14H2,1-3H3,(H,27,28,30). The van der Waals surface area contributed by atoms with Crippen LogP contribution >= 0.6 is 11.3 Å². The number of carbonyl (C=O) groups is 1. The average molecular weight is 528 g/mol. The Balaban J connectivity index is 1.46. The maximum atomic E-state index is 12.9. The number of fused-ring (bicyclic) bond motifs is 1. The number of aromatic nitrogens is 1. The third-order valence-corrected chi connectivity index (χ3v) is 8.15. The van der Waals surface area contributed by atoms with Gasteiger partial charge in [0.15, 0.2) is 10.9 Å². The fourth-order valence-corrected chi connectivity index (χ4v) is 6.11. The highest BCUT2D eigenvalue weighted by atomic mass is 32.2. The molecular formula is C26H29N3O5S2. The third kappa shape index (κ3) is 5.61. The van der Waals surface area contributed by atoms with E-state index in [1.165, 1.54) is 39.9 Å². The quantitative estimate of drug-likeness (QED) is 0.256. The van der Waals surface area contributed by atoms with Crippen molar-refractivity contribution in [2.45, 2.75) is 38.5 Å². The molecule has 4 rings (SSSR count).